The van der Waals surface area contributed by atoms with Gasteiger partial charge in [-0.3, -0.25) is 19.3 Å². The van der Waals surface area contributed by atoms with Crippen LogP contribution in [0.1, 0.15) is 25.3 Å². The molecule has 0 saturated heterocycles. The summed E-state index contributed by atoms with van der Waals surface area (Å²) in [6.07, 6.45) is 1.45. The molecule has 0 amide bonds. The molecule has 1 unspecified atom stereocenters. The molecule has 0 aliphatic carbocycles. The normalized spacial score (nSPS) is 12.7. The van der Waals surface area contributed by atoms with Crippen LogP contribution in [-0.4, -0.2) is 32.6 Å². The number of hydrogen-bond acceptors (Lipinski definition) is 6. The standard InChI is InChI=1S/C20H22N4O4/c1-20(2,13-25)15(14-8-4-3-5-9-14)12-21-18-17(24(27)28)19(26)23-11-7-6-10-16(23)22-18/h3-11,15,21,25H,12-13H2,1-2H3. The van der Waals surface area contributed by atoms with Gasteiger partial charge < -0.3 is 10.4 Å². The first-order chi connectivity index (χ1) is 13.3. The Morgan fingerprint density at radius 3 is 2.54 bits per heavy atom. The quantitative estimate of drug-likeness (QED) is 0.480. The summed E-state index contributed by atoms with van der Waals surface area (Å²) in [6.45, 7) is 4.05. The molecule has 3 aromatic rings. The Morgan fingerprint density at radius 2 is 1.89 bits per heavy atom. The zero-order chi connectivity index (χ0) is 20.3. The molecule has 146 valence electrons. The van der Waals surface area contributed by atoms with Crippen molar-refractivity contribution >= 4 is 17.2 Å². The van der Waals surface area contributed by atoms with Crippen LogP contribution in [-0.2, 0) is 0 Å². The lowest BCUT2D eigenvalue weighted by molar-refractivity contribution is -0.385. The lowest BCUT2D eigenvalue weighted by atomic mass is 9.75. The summed E-state index contributed by atoms with van der Waals surface area (Å²) < 4.78 is 1.15. The van der Waals surface area contributed by atoms with E-state index in [9.17, 15) is 20.0 Å². The fraction of sp³-hybridized carbons (Fsp3) is 0.300. The molecular formula is C20H22N4O4. The van der Waals surface area contributed by atoms with Crippen molar-refractivity contribution in [1.82, 2.24) is 9.38 Å². The number of nitrogens with one attached hydrogen (secondary N) is 1. The third kappa shape index (κ3) is 3.72. The first kappa shape index (κ1) is 19.5. The number of aliphatic hydroxyl groups excluding tert-OH is 1. The molecule has 8 nitrogen and oxygen atoms in total. The highest BCUT2D eigenvalue weighted by atomic mass is 16.6. The summed E-state index contributed by atoms with van der Waals surface area (Å²) in [5.74, 6) is -0.231. The predicted molar refractivity (Wildman–Crippen MR) is 107 cm³/mol. The highest BCUT2D eigenvalue weighted by Gasteiger charge is 2.31. The predicted octanol–water partition coefficient (Wildman–Crippen LogP) is 2.82. The van der Waals surface area contributed by atoms with Gasteiger partial charge in [-0.25, -0.2) is 4.98 Å². The zero-order valence-electron chi connectivity index (χ0n) is 15.7. The van der Waals surface area contributed by atoms with Gasteiger partial charge in [0.1, 0.15) is 5.65 Å². The first-order valence-electron chi connectivity index (χ1n) is 8.90. The van der Waals surface area contributed by atoms with Gasteiger partial charge in [0.05, 0.1) is 4.92 Å². The van der Waals surface area contributed by atoms with Crippen molar-refractivity contribution < 1.29 is 10.0 Å². The Morgan fingerprint density at radius 1 is 1.21 bits per heavy atom. The smallest absolute Gasteiger partial charge is 0.376 e. The van der Waals surface area contributed by atoms with Gasteiger partial charge in [0.25, 0.3) is 0 Å². The highest BCUT2D eigenvalue weighted by molar-refractivity contribution is 5.60. The molecule has 0 spiro atoms. The van der Waals surface area contributed by atoms with E-state index in [-0.39, 0.29) is 24.9 Å². The molecule has 1 aromatic carbocycles. The van der Waals surface area contributed by atoms with E-state index in [1.807, 2.05) is 44.2 Å². The molecule has 2 heterocycles. The third-order valence-electron chi connectivity index (χ3n) is 4.92. The van der Waals surface area contributed by atoms with E-state index in [0.29, 0.717) is 5.65 Å². The van der Waals surface area contributed by atoms with E-state index in [2.05, 4.69) is 10.3 Å². The number of rotatable bonds is 7. The molecule has 0 radical (unpaired) electrons. The molecule has 0 fully saturated rings. The Balaban J connectivity index is 2.02. The second-order valence-electron chi connectivity index (χ2n) is 7.29. The van der Waals surface area contributed by atoms with Crippen LogP contribution in [0.3, 0.4) is 0 Å². The minimum atomic E-state index is -0.740. The number of fused-ring (bicyclic) bond motifs is 1. The van der Waals surface area contributed by atoms with Crippen molar-refractivity contribution in [2.45, 2.75) is 19.8 Å². The van der Waals surface area contributed by atoms with Crippen molar-refractivity contribution in [1.29, 1.82) is 0 Å². The van der Waals surface area contributed by atoms with Crippen molar-refractivity contribution in [3.8, 4) is 0 Å². The van der Waals surface area contributed by atoms with E-state index >= 15 is 0 Å². The minimum Gasteiger partial charge on any atom is -0.396 e. The second-order valence-corrected chi connectivity index (χ2v) is 7.29. The van der Waals surface area contributed by atoms with E-state index in [1.165, 1.54) is 6.20 Å². The van der Waals surface area contributed by atoms with Gasteiger partial charge in [-0.15, -0.1) is 0 Å². The van der Waals surface area contributed by atoms with Crippen LogP contribution in [0.2, 0.25) is 0 Å². The van der Waals surface area contributed by atoms with E-state index in [1.54, 1.807) is 18.2 Å². The van der Waals surface area contributed by atoms with Crippen LogP contribution >= 0.6 is 0 Å². The maximum absolute atomic E-state index is 12.6. The largest absolute Gasteiger partial charge is 0.396 e. The van der Waals surface area contributed by atoms with Crippen LogP contribution in [0.5, 0.6) is 0 Å². The Hall–Kier alpha value is -3.26. The third-order valence-corrected chi connectivity index (χ3v) is 4.92. The number of nitrogens with zero attached hydrogens (tertiary/aromatic N) is 3. The van der Waals surface area contributed by atoms with Gasteiger partial charge in [-0.1, -0.05) is 50.2 Å². The fourth-order valence-electron chi connectivity index (χ4n) is 3.21. The number of anilines is 1. The van der Waals surface area contributed by atoms with Gasteiger partial charge in [-0.05, 0) is 23.1 Å². The van der Waals surface area contributed by atoms with Crippen LogP contribution in [0.15, 0.2) is 59.5 Å². The first-order valence-corrected chi connectivity index (χ1v) is 8.90. The maximum Gasteiger partial charge on any atom is 0.376 e. The lowest BCUT2D eigenvalue weighted by Gasteiger charge is -2.33. The average Bonchev–Trinajstić information content (AvgIpc) is 2.68. The van der Waals surface area contributed by atoms with Crippen LogP contribution in [0, 0.1) is 15.5 Å². The molecule has 0 aliphatic heterocycles. The summed E-state index contributed by atoms with van der Waals surface area (Å²) >= 11 is 0. The molecule has 2 N–H and O–H groups in total. The molecule has 0 bridgehead atoms. The van der Waals surface area contributed by atoms with E-state index < -0.39 is 21.6 Å². The number of aliphatic hydroxyl groups is 1. The molecular weight excluding hydrogens is 360 g/mol. The van der Waals surface area contributed by atoms with Gasteiger partial charge >= 0.3 is 11.2 Å². The van der Waals surface area contributed by atoms with Crippen LogP contribution in [0.4, 0.5) is 11.5 Å². The van der Waals surface area contributed by atoms with Crippen molar-refractivity contribution in [2.24, 2.45) is 5.41 Å². The summed E-state index contributed by atoms with van der Waals surface area (Å²) in [7, 11) is 0. The van der Waals surface area contributed by atoms with Gasteiger partial charge in [-0.2, -0.15) is 0 Å². The Labute approximate surface area is 161 Å². The molecule has 0 saturated carbocycles. The van der Waals surface area contributed by atoms with Crippen LogP contribution < -0.4 is 10.9 Å². The summed E-state index contributed by atoms with van der Waals surface area (Å²) in [6, 6.07) is 14.5. The number of nitro groups is 1. The van der Waals surface area contributed by atoms with E-state index in [0.717, 1.165) is 9.96 Å². The number of benzene rings is 1. The highest BCUT2D eigenvalue weighted by Crippen LogP contribution is 2.35. The minimum absolute atomic E-state index is 0.0653. The van der Waals surface area contributed by atoms with Crippen molar-refractivity contribution in [3.05, 3.63) is 80.8 Å². The fourth-order valence-corrected chi connectivity index (χ4v) is 3.21. The summed E-state index contributed by atoms with van der Waals surface area (Å²) in [4.78, 5) is 27.6. The second kappa shape index (κ2) is 7.77. The zero-order valence-corrected chi connectivity index (χ0v) is 15.7. The van der Waals surface area contributed by atoms with E-state index in [4.69, 9.17) is 0 Å². The number of pyridine rings is 1. The molecule has 28 heavy (non-hydrogen) atoms. The maximum atomic E-state index is 12.6. The molecule has 1 atom stereocenters. The number of aromatic nitrogens is 2. The van der Waals surface area contributed by atoms with Crippen LogP contribution in [0.25, 0.3) is 5.65 Å². The average molecular weight is 382 g/mol. The Bertz CT molecular complexity index is 1050. The van der Waals surface area contributed by atoms with Gasteiger partial charge in [0, 0.05) is 25.3 Å². The monoisotopic (exact) mass is 382 g/mol. The topological polar surface area (TPSA) is 110 Å². The molecule has 0 aliphatic rings. The molecule has 8 heteroatoms. The number of hydrogen-bond donors (Lipinski definition) is 2. The van der Waals surface area contributed by atoms with Crippen molar-refractivity contribution in [3.63, 3.8) is 0 Å². The van der Waals surface area contributed by atoms with Gasteiger partial charge in [0.2, 0.25) is 5.82 Å². The summed E-state index contributed by atoms with van der Waals surface area (Å²) in [5, 5.41) is 24.4. The van der Waals surface area contributed by atoms with Gasteiger partial charge in [0.15, 0.2) is 0 Å². The SMILES string of the molecule is CC(C)(CO)C(CNc1nc2ccccn2c(=O)c1[N+](=O)[O-])c1ccccc1. The van der Waals surface area contributed by atoms with Crippen molar-refractivity contribution in [2.75, 3.05) is 18.5 Å². The summed E-state index contributed by atoms with van der Waals surface area (Å²) in [5.41, 5.74) is -0.532. The molecule has 2 aromatic heterocycles. The lowest BCUT2D eigenvalue weighted by Crippen LogP contribution is -2.32. The Kier molecular flexibility index (Phi) is 5.41. The molecule has 3 rings (SSSR count).